The van der Waals surface area contributed by atoms with Gasteiger partial charge in [0.25, 0.3) is 0 Å². The van der Waals surface area contributed by atoms with Crippen molar-refractivity contribution in [3.63, 3.8) is 0 Å². The van der Waals surface area contributed by atoms with Crippen molar-refractivity contribution in [1.82, 2.24) is 0 Å². The molecule has 2 rings (SSSR count). The third kappa shape index (κ3) is 3.71. The van der Waals surface area contributed by atoms with Crippen molar-refractivity contribution in [3.8, 4) is 11.5 Å². The molecule has 0 bridgehead atoms. The summed E-state index contributed by atoms with van der Waals surface area (Å²) in [5, 5.41) is 0.958. The second-order valence-electron chi connectivity index (χ2n) is 4.29. The average Bonchev–Trinajstić information content (AvgIpc) is 2.41. The van der Waals surface area contributed by atoms with E-state index in [1.165, 1.54) is 0 Å². The molecule has 2 aromatic rings. The molecule has 0 atom stereocenters. The van der Waals surface area contributed by atoms with E-state index in [0.717, 1.165) is 5.56 Å². The number of aryl methyl sites for hydroxylation is 1. The highest BCUT2D eigenvalue weighted by Crippen LogP contribution is 2.32. The van der Waals surface area contributed by atoms with E-state index in [1.54, 1.807) is 18.2 Å². The van der Waals surface area contributed by atoms with E-state index in [0.29, 0.717) is 40.4 Å². The van der Waals surface area contributed by atoms with Crippen LogP contribution in [-0.2, 0) is 0 Å². The van der Waals surface area contributed by atoms with Crippen LogP contribution in [0.4, 0.5) is 5.69 Å². The topological polar surface area (TPSA) is 44.5 Å². The predicted molar refractivity (Wildman–Crippen MR) is 83.0 cm³/mol. The molecule has 0 saturated heterocycles. The molecule has 0 radical (unpaired) electrons. The Bertz CT molecular complexity index is 582. The fourth-order valence-corrected chi connectivity index (χ4v) is 2.19. The molecule has 2 aromatic carbocycles. The van der Waals surface area contributed by atoms with Crippen LogP contribution in [0.2, 0.25) is 10.0 Å². The first-order valence-corrected chi connectivity index (χ1v) is 6.89. The summed E-state index contributed by atoms with van der Waals surface area (Å²) < 4.78 is 11.1. The number of rotatable bonds is 5. The minimum atomic E-state index is 0.330. The molecule has 0 saturated carbocycles. The van der Waals surface area contributed by atoms with Gasteiger partial charge >= 0.3 is 0 Å². The number of halogens is 2. The standard InChI is InChI=1S/C15H15Cl2NO2/c1-10-5-6-13(18)14(9-10)19-7-8-20-15-11(16)3-2-4-12(15)17/h2-6,9H,7-8,18H2,1H3. The number of anilines is 1. The number of para-hydroxylation sites is 1. The Kier molecular flexibility index (Phi) is 4.99. The average molecular weight is 312 g/mol. The molecular formula is C15H15Cl2NO2. The number of benzene rings is 2. The highest BCUT2D eigenvalue weighted by Gasteiger charge is 2.06. The summed E-state index contributed by atoms with van der Waals surface area (Å²) in [6.45, 7) is 2.67. The first-order chi connectivity index (χ1) is 9.58. The molecule has 0 unspecified atom stereocenters. The summed E-state index contributed by atoms with van der Waals surface area (Å²) >= 11 is 12.0. The fourth-order valence-electron chi connectivity index (χ4n) is 1.68. The second-order valence-corrected chi connectivity index (χ2v) is 5.10. The molecule has 0 aliphatic rings. The number of nitrogens with two attached hydrogens (primary N) is 1. The summed E-state index contributed by atoms with van der Waals surface area (Å²) in [7, 11) is 0. The van der Waals surface area contributed by atoms with Crippen molar-refractivity contribution in [1.29, 1.82) is 0 Å². The van der Waals surface area contributed by atoms with Crippen LogP contribution in [0, 0.1) is 6.92 Å². The molecule has 0 aliphatic carbocycles. The molecule has 0 aliphatic heterocycles. The Labute approximate surface area is 128 Å². The maximum atomic E-state index is 6.00. The van der Waals surface area contributed by atoms with Gasteiger partial charge in [0.2, 0.25) is 0 Å². The van der Waals surface area contributed by atoms with Crippen LogP contribution in [0.3, 0.4) is 0 Å². The van der Waals surface area contributed by atoms with Crippen molar-refractivity contribution >= 4 is 28.9 Å². The highest BCUT2D eigenvalue weighted by molar-refractivity contribution is 6.37. The quantitative estimate of drug-likeness (QED) is 0.660. The maximum Gasteiger partial charge on any atom is 0.156 e. The normalized spacial score (nSPS) is 10.3. The van der Waals surface area contributed by atoms with E-state index in [4.69, 9.17) is 38.4 Å². The van der Waals surface area contributed by atoms with Crippen LogP contribution in [0.1, 0.15) is 5.56 Å². The van der Waals surface area contributed by atoms with Crippen LogP contribution in [-0.4, -0.2) is 13.2 Å². The highest BCUT2D eigenvalue weighted by atomic mass is 35.5. The first-order valence-electron chi connectivity index (χ1n) is 6.13. The lowest BCUT2D eigenvalue weighted by Gasteiger charge is -2.12. The fraction of sp³-hybridized carbons (Fsp3) is 0.200. The zero-order chi connectivity index (χ0) is 14.5. The first kappa shape index (κ1) is 14.8. The number of ether oxygens (including phenoxy) is 2. The van der Waals surface area contributed by atoms with Gasteiger partial charge in [0.1, 0.15) is 19.0 Å². The molecule has 0 heterocycles. The largest absolute Gasteiger partial charge is 0.488 e. The van der Waals surface area contributed by atoms with Crippen LogP contribution in [0.5, 0.6) is 11.5 Å². The summed E-state index contributed by atoms with van der Waals surface area (Å²) in [6, 6.07) is 10.8. The van der Waals surface area contributed by atoms with Gasteiger partial charge in [-0.05, 0) is 36.8 Å². The molecule has 0 fully saturated rings. The van der Waals surface area contributed by atoms with E-state index >= 15 is 0 Å². The van der Waals surface area contributed by atoms with Gasteiger partial charge in [0.05, 0.1) is 15.7 Å². The van der Waals surface area contributed by atoms with Crippen LogP contribution in [0.25, 0.3) is 0 Å². The lowest BCUT2D eigenvalue weighted by atomic mass is 10.2. The molecule has 0 aromatic heterocycles. The summed E-state index contributed by atoms with van der Waals surface area (Å²) in [4.78, 5) is 0. The molecule has 20 heavy (non-hydrogen) atoms. The second kappa shape index (κ2) is 6.73. The van der Waals surface area contributed by atoms with Gasteiger partial charge in [-0.25, -0.2) is 0 Å². The van der Waals surface area contributed by atoms with Crippen molar-refractivity contribution in [2.75, 3.05) is 18.9 Å². The van der Waals surface area contributed by atoms with Gasteiger partial charge in [0, 0.05) is 0 Å². The van der Waals surface area contributed by atoms with Crippen LogP contribution >= 0.6 is 23.2 Å². The van der Waals surface area contributed by atoms with E-state index in [2.05, 4.69) is 0 Å². The Morgan fingerprint density at radius 1 is 1.00 bits per heavy atom. The molecule has 106 valence electrons. The Balaban J connectivity index is 1.89. The maximum absolute atomic E-state index is 6.00. The minimum Gasteiger partial charge on any atom is -0.488 e. The van der Waals surface area contributed by atoms with Crippen molar-refractivity contribution in [3.05, 3.63) is 52.0 Å². The zero-order valence-corrected chi connectivity index (χ0v) is 12.5. The summed E-state index contributed by atoms with van der Waals surface area (Å²) in [5.74, 6) is 1.12. The lowest BCUT2D eigenvalue weighted by molar-refractivity contribution is 0.218. The van der Waals surface area contributed by atoms with Gasteiger partial charge in [-0.3, -0.25) is 0 Å². The van der Waals surface area contributed by atoms with Crippen LogP contribution < -0.4 is 15.2 Å². The number of nitrogen functional groups attached to an aromatic ring is 1. The van der Waals surface area contributed by atoms with Crippen molar-refractivity contribution in [2.45, 2.75) is 6.92 Å². The molecule has 0 amide bonds. The Hall–Kier alpha value is -1.58. The van der Waals surface area contributed by atoms with Gasteiger partial charge in [-0.2, -0.15) is 0 Å². The lowest BCUT2D eigenvalue weighted by Crippen LogP contribution is -2.10. The van der Waals surface area contributed by atoms with Crippen LogP contribution in [0.15, 0.2) is 36.4 Å². The Morgan fingerprint density at radius 3 is 2.35 bits per heavy atom. The number of hydrogen-bond acceptors (Lipinski definition) is 3. The SMILES string of the molecule is Cc1ccc(N)c(OCCOc2c(Cl)cccc2Cl)c1. The summed E-state index contributed by atoms with van der Waals surface area (Å²) in [6.07, 6.45) is 0. The number of hydrogen-bond donors (Lipinski definition) is 1. The summed E-state index contributed by atoms with van der Waals surface area (Å²) in [5.41, 5.74) is 7.51. The van der Waals surface area contributed by atoms with Gasteiger partial charge in [0.15, 0.2) is 5.75 Å². The van der Waals surface area contributed by atoms with Gasteiger partial charge in [-0.15, -0.1) is 0 Å². The van der Waals surface area contributed by atoms with Gasteiger partial charge < -0.3 is 15.2 Å². The third-order valence-corrected chi connectivity index (χ3v) is 3.27. The van der Waals surface area contributed by atoms with Gasteiger partial charge in [-0.1, -0.05) is 35.3 Å². The van der Waals surface area contributed by atoms with Crippen molar-refractivity contribution in [2.24, 2.45) is 0 Å². The third-order valence-electron chi connectivity index (χ3n) is 2.68. The smallest absolute Gasteiger partial charge is 0.156 e. The molecule has 3 nitrogen and oxygen atoms in total. The van der Waals surface area contributed by atoms with E-state index in [9.17, 15) is 0 Å². The van der Waals surface area contributed by atoms with E-state index in [-0.39, 0.29) is 0 Å². The molecule has 0 spiro atoms. The monoisotopic (exact) mass is 311 g/mol. The Morgan fingerprint density at radius 2 is 1.65 bits per heavy atom. The molecule has 5 heteroatoms. The van der Waals surface area contributed by atoms with Crippen molar-refractivity contribution < 1.29 is 9.47 Å². The van der Waals surface area contributed by atoms with E-state index in [1.807, 2.05) is 25.1 Å². The molecule has 2 N–H and O–H groups in total. The predicted octanol–water partition coefficient (Wildman–Crippen LogP) is 4.34. The van der Waals surface area contributed by atoms with E-state index < -0.39 is 0 Å². The minimum absolute atomic E-state index is 0.330. The molecular weight excluding hydrogens is 297 g/mol. The zero-order valence-electron chi connectivity index (χ0n) is 11.0.